The van der Waals surface area contributed by atoms with Crippen LogP contribution in [0.15, 0.2) is 0 Å². The Morgan fingerprint density at radius 1 is 1.00 bits per heavy atom. The van der Waals surface area contributed by atoms with E-state index in [4.69, 9.17) is 0 Å². The van der Waals surface area contributed by atoms with Gasteiger partial charge in [0.25, 0.3) is 0 Å². The van der Waals surface area contributed by atoms with Crippen LogP contribution in [0.5, 0.6) is 0 Å². The summed E-state index contributed by atoms with van der Waals surface area (Å²) in [4.78, 5) is 43.2. The number of Topliss-reactive ketones (excluding diaryl/α,β-unsaturated/α-hetero) is 1. The van der Waals surface area contributed by atoms with Crippen molar-refractivity contribution in [3.8, 4) is 0 Å². The van der Waals surface area contributed by atoms with E-state index >= 15 is 0 Å². The predicted octanol–water partition coefficient (Wildman–Crippen LogP) is -1.81. The van der Waals surface area contributed by atoms with Gasteiger partial charge in [-0.15, -0.1) is 0 Å². The maximum absolute atomic E-state index is 11.2. The van der Waals surface area contributed by atoms with Crippen LogP contribution in [0.3, 0.4) is 0 Å². The first-order valence-electron chi connectivity index (χ1n) is 5.20. The molecule has 0 unspecified atom stereocenters. The first-order valence-corrected chi connectivity index (χ1v) is 5.20. The molecule has 96 valence electrons. The Morgan fingerprint density at radius 3 is 2.06 bits per heavy atom. The van der Waals surface area contributed by atoms with E-state index in [9.17, 15) is 19.2 Å². The van der Waals surface area contributed by atoms with Crippen molar-refractivity contribution in [2.45, 2.75) is 13.8 Å². The van der Waals surface area contributed by atoms with Crippen molar-refractivity contribution in [2.75, 3.05) is 19.6 Å². The van der Waals surface area contributed by atoms with E-state index < -0.39 is 11.8 Å². The lowest BCUT2D eigenvalue weighted by atomic mass is 10.1. The largest absolute Gasteiger partial charge is 0.350 e. The van der Waals surface area contributed by atoms with Crippen molar-refractivity contribution < 1.29 is 19.2 Å². The average molecular weight is 243 g/mol. The highest BCUT2D eigenvalue weighted by molar-refractivity contribution is 5.90. The second kappa shape index (κ2) is 8.26. The van der Waals surface area contributed by atoms with Crippen molar-refractivity contribution in [2.24, 2.45) is 5.92 Å². The minimum absolute atomic E-state index is 0.0427. The number of hydrogen-bond acceptors (Lipinski definition) is 4. The monoisotopic (exact) mass is 243 g/mol. The van der Waals surface area contributed by atoms with E-state index in [2.05, 4.69) is 16.0 Å². The number of amides is 3. The Morgan fingerprint density at radius 2 is 1.53 bits per heavy atom. The van der Waals surface area contributed by atoms with Gasteiger partial charge in [0, 0.05) is 5.92 Å². The molecule has 7 heteroatoms. The van der Waals surface area contributed by atoms with Gasteiger partial charge in [0.05, 0.1) is 19.6 Å². The number of rotatable bonds is 8. The summed E-state index contributed by atoms with van der Waals surface area (Å²) >= 11 is 0. The zero-order valence-corrected chi connectivity index (χ0v) is 9.91. The van der Waals surface area contributed by atoms with Gasteiger partial charge >= 0.3 is 0 Å². The maximum Gasteiger partial charge on any atom is 0.239 e. The molecule has 3 amide bonds. The molecule has 0 bridgehead atoms. The molecule has 0 heterocycles. The van der Waals surface area contributed by atoms with E-state index in [0.29, 0.717) is 6.41 Å². The van der Waals surface area contributed by atoms with Crippen LogP contribution in [0.25, 0.3) is 0 Å². The summed E-state index contributed by atoms with van der Waals surface area (Å²) in [5.74, 6) is -1.13. The van der Waals surface area contributed by atoms with Crippen molar-refractivity contribution in [3.63, 3.8) is 0 Å². The van der Waals surface area contributed by atoms with Crippen LogP contribution in [0, 0.1) is 5.92 Å². The van der Waals surface area contributed by atoms with E-state index in [-0.39, 0.29) is 31.3 Å². The van der Waals surface area contributed by atoms with Gasteiger partial charge in [-0.05, 0) is 0 Å². The van der Waals surface area contributed by atoms with Crippen molar-refractivity contribution in [1.82, 2.24) is 16.0 Å². The third-order valence-corrected chi connectivity index (χ3v) is 1.90. The lowest BCUT2D eigenvalue weighted by molar-refractivity contribution is -0.128. The first kappa shape index (κ1) is 15.1. The minimum atomic E-state index is -0.470. The maximum atomic E-state index is 11.2. The molecule has 0 radical (unpaired) electrons. The number of carbonyl (C=O) groups is 4. The highest BCUT2D eigenvalue weighted by Crippen LogP contribution is 1.91. The predicted molar refractivity (Wildman–Crippen MR) is 59.9 cm³/mol. The summed E-state index contributed by atoms with van der Waals surface area (Å²) in [7, 11) is 0. The molecule has 0 spiro atoms. The molecule has 17 heavy (non-hydrogen) atoms. The number of ketones is 1. The fourth-order valence-corrected chi connectivity index (χ4v) is 0.828. The van der Waals surface area contributed by atoms with Gasteiger partial charge in [0.1, 0.15) is 0 Å². The smallest absolute Gasteiger partial charge is 0.239 e. The molecule has 7 nitrogen and oxygen atoms in total. The highest BCUT2D eigenvalue weighted by Gasteiger charge is 2.09. The number of nitrogens with one attached hydrogen (secondary N) is 3. The van der Waals surface area contributed by atoms with Gasteiger partial charge in [-0.2, -0.15) is 0 Å². The van der Waals surface area contributed by atoms with E-state index in [1.54, 1.807) is 13.8 Å². The Hall–Kier alpha value is -1.92. The highest BCUT2D eigenvalue weighted by atomic mass is 16.2. The van der Waals surface area contributed by atoms with Crippen molar-refractivity contribution >= 4 is 24.0 Å². The van der Waals surface area contributed by atoms with E-state index in [1.165, 1.54) is 0 Å². The van der Waals surface area contributed by atoms with Gasteiger partial charge < -0.3 is 16.0 Å². The molecule has 0 aromatic carbocycles. The summed E-state index contributed by atoms with van der Waals surface area (Å²) in [6, 6.07) is 0. The molecule has 0 aliphatic carbocycles. The van der Waals surface area contributed by atoms with Crippen LogP contribution in [0.1, 0.15) is 13.8 Å². The fraction of sp³-hybridized carbons (Fsp3) is 0.600. The molecular weight excluding hydrogens is 226 g/mol. The molecule has 0 rings (SSSR count). The van der Waals surface area contributed by atoms with Gasteiger partial charge in [-0.3, -0.25) is 19.2 Å². The Balaban J connectivity index is 3.69. The fourth-order valence-electron chi connectivity index (χ4n) is 0.828. The lowest BCUT2D eigenvalue weighted by Gasteiger charge is -2.07. The van der Waals surface area contributed by atoms with Crippen LogP contribution in [0.2, 0.25) is 0 Å². The molecule has 0 saturated heterocycles. The summed E-state index contributed by atoms with van der Waals surface area (Å²) in [6.07, 6.45) is 0.390. The Kier molecular flexibility index (Phi) is 7.32. The lowest BCUT2D eigenvalue weighted by Crippen LogP contribution is -2.42. The standard InChI is InChI=1S/C10H17N3O4/c1-7(2)8(15)3-12-10(17)5-13-9(16)4-11-6-14/h6-7H,3-5H2,1-2H3,(H,11,14)(H,12,17)(H,13,16). The normalized spacial score (nSPS) is 9.59. The third kappa shape index (κ3) is 7.95. The summed E-state index contributed by atoms with van der Waals surface area (Å²) in [5, 5.41) is 6.83. The third-order valence-electron chi connectivity index (χ3n) is 1.90. The average Bonchev–Trinajstić information content (AvgIpc) is 2.30. The molecule has 0 aromatic rings. The quantitative estimate of drug-likeness (QED) is 0.437. The molecule has 0 fully saturated rings. The Bertz CT molecular complexity index is 302. The minimum Gasteiger partial charge on any atom is -0.350 e. The molecule has 0 aromatic heterocycles. The zero-order valence-electron chi connectivity index (χ0n) is 9.91. The molecule has 0 aliphatic rings. The second-order valence-corrected chi connectivity index (χ2v) is 3.67. The van der Waals surface area contributed by atoms with Crippen LogP contribution >= 0.6 is 0 Å². The molecule has 3 N–H and O–H groups in total. The van der Waals surface area contributed by atoms with Gasteiger partial charge in [-0.25, -0.2) is 0 Å². The van der Waals surface area contributed by atoms with Crippen LogP contribution in [-0.2, 0) is 19.2 Å². The van der Waals surface area contributed by atoms with E-state index in [1.807, 2.05) is 0 Å². The van der Waals surface area contributed by atoms with Crippen LogP contribution in [0.4, 0.5) is 0 Å². The van der Waals surface area contributed by atoms with E-state index in [0.717, 1.165) is 0 Å². The molecule has 0 aliphatic heterocycles. The van der Waals surface area contributed by atoms with Crippen LogP contribution < -0.4 is 16.0 Å². The first-order chi connectivity index (χ1) is 7.97. The molecule has 0 saturated carbocycles. The summed E-state index contributed by atoms with van der Waals surface area (Å²) in [6.45, 7) is 3.04. The number of carbonyl (C=O) groups excluding carboxylic acids is 4. The molecular formula is C10H17N3O4. The van der Waals surface area contributed by atoms with Crippen LogP contribution in [-0.4, -0.2) is 43.6 Å². The topological polar surface area (TPSA) is 104 Å². The van der Waals surface area contributed by atoms with Gasteiger partial charge in [-0.1, -0.05) is 13.8 Å². The number of hydrogen-bond donors (Lipinski definition) is 3. The second-order valence-electron chi connectivity index (χ2n) is 3.67. The van der Waals surface area contributed by atoms with Gasteiger partial charge in [0.2, 0.25) is 18.2 Å². The summed E-state index contributed by atoms with van der Waals surface area (Å²) < 4.78 is 0. The zero-order chi connectivity index (χ0) is 13.3. The SMILES string of the molecule is CC(C)C(=O)CNC(=O)CNC(=O)CNC=O. The van der Waals surface area contributed by atoms with Crippen molar-refractivity contribution in [1.29, 1.82) is 0 Å². The van der Waals surface area contributed by atoms with Crippen molar-refractivity contribution in [3.05, 3.63) is 0 Å². The Labute approximate surface area is 99.3 Å². The van der Waals surface area contributed by atoms with Gasteiger partial charge in [0.15, 0.2) is 5.78 Å². The molecule has 0 atom stereocenters. The summed E-state index contributed by atoms with van der Waals surface area (Å²) in [5.41, 5.74) is 0.